The molecule has 1 unspecified atom stereocenters. The van der Waals surface area contributed by atoms with Crippen molar-refractivity contribution in [2.24, 2.45) is 5.92 Å². The summed E-state index contributed by atoms with van der Waals surface area (Å²) in [6.07, 6.45) is -2.60. The van der Waals surface area contributed by atoms with E-state index in [0.29, 0.717) is 18.1 Å². The number of halogens is 3. The highest BCUT2D eigenvalue weighted by Crippen LogP contribution is 2.33. The minimum absolute atomic E-state index is 0.0430. The number of carbonyl (C=O) groups excluding carboxylic acids is 2. The molecule has 1 atom stereocenters. The fourth-order valence-corrected chi connectivity index (χ4v) is 3.03. The first-order chi connectivity index (χ1) is 10.8. The van der Waals surface area contributed by atoms with Crippen molar-refractivity contribution < 1.29 is 27.5 Å². The maximum atomic E-state index is 12.7. The largest absolute Gasteiger partial charge is 0.464 e. The number of nitrogens with zero attached hydrogens (tertiary/aromatic N) is 2. The Kier molecular flexibility index (Phi) is 5.55. The van der Waals surface area contributed by atoms with Crippen LogP contribution in [0, 0.1) is 5.92 Å². The smallest absolute Gasteiger partial charge is 0.393 e. The number of hydrogen-bond donors (Lipinski definition) is 1. The summed E-state index contributed by atoms with van der Waals surface area (Å²) in [6.45, 7) is 0.0337. The third-order valence-electron chi connectivity index (χ3n) is 3.53. The highest BCUT2D eigenvalue weighted by molar-refractivity contribution is 7.99. The molecule has 0 bridgehead atoms. The lowest BCUT2D eigenvalue weighted by Crippen LogP contribution is -2.45. The molecule has 0 spiro atoms. The van der Waals surface area contributed by atoms with Crippen LogP contribution < -0.4 is 0 Å². The van der Waals surface area contributed by atoms with Crippen molar-refractivity contribution in [2.45, 2.75) is 24.2 Å². The second-order valence-corrected chi connectivity index (χ2v) is 6.07. The molecule has 1 amide bonds. The number of likely N-dealkylation sites (tertiary alicyclic amines) is 1. The monoisotopic (exact) mass is 351 g/mol. The van der Waals surface area contributed by atoms with Crippen molar-refractivity contribution in [2.75, 3.05) is 26.0 Å². The first kappa shape index (κ1) is 17.6. The molecular formula is C13H16F3N3O3S. The fourth-order valence-electron chi connectivity index (χ4n) is 2.28. The maximum Gasteiger partial charge on any atom is 0.393 e. The standard InChI is InChI=1S/C13H16F3N3O3S/c1-22-11(21)9-5-17-12(18-9)23-7-10(20)19-4-2-3-8(6-19)13(14,15)16/h5,8H,2-4,6-7H2,1H3,(H,17,18). The molecule has 1 aliphatic rings. The van der Waals surface area contributed by atoms with E-state index < -0.39 is 18.1 Å². The van der Waals surface area contributed by atoms with Gasteiger partial charge in [-0.15, -0.1) is 0 Å². The van der Waals surface area contributed by atoms with Crippen molar-refractivity contribution >= 4 is 23.6 Å². The number of piperidine rings is 1. The molecule has 1 aliphatic heterocycles. The van der Waals surface area contributed by atoms with E-state index in [-0.39, 0.29) is 30.3 Å². The number of hydrogen-bond acceptors (Lipinski definition) is 5. The number of imidazole rings is 1. The van der Waals surface area contributed by atoms with Crippen molar-refractivity contribution in [3.05, 3.63) is 11.9 Å². The summed E-state index contributed by atoms with van der Waals surface area (Å²) in [5.41, 5.74) is 0.151. The van der Waals surface area contributed by atoms with Crippen LogP contribution in [0.5, 0.6) is 0 Å². The molecular weight excluding hydrogens is 335 g/mol. The van der Waals surface area contributed by atoms with Gasteiger partial charge in [-0.2, -0.15) is 13.2 Å². The van der Waals surface area contributed by atoms with Crippen LogP contribution in [-0.2, 0) is 9.53 Å². The summed E-state index contributed by atoms with van der Waals surface area (Å²) < 4.78 is 42.7. The Labute approximate surface area is 134 Å². The summed E-state index contributed by atoms with van der Waals surface area (Å²) in [4.78, 5) is 31.1. The van der Waals surface area contributed by atoms with Gasteiger partial charge in [-0.25, -0.2) is 9.78 Å². The summed E-state index contributed by atoms with van der Waals surface area (Å²) in [6, 6.07) is 0. The fraction of sp³-hybridized carbons (Fsp3) is 0.615. The number of esters is 1. The lowest BCUT2D eigenvalue weighted by molar-refractivity contribution is -0.187. The minimum Gasteiger partial charge on any atom is -0.464 e. The number of thioether (sulfide) groups is 1. The Morgan fingerprint density at radius 2 is 2.26 bits per heavy atom. The number of carbonyl (C=O) groups is 2. The molecule has 2 heterocycles. The lowest BCUT2D eigenvalue weighted by Gasteiger charge is -2.33. The van der Waals surface area contributed by atoms with Crippen LogP contribution in [0.15, 0.2) is 11.4 Å². The molecule has 128 valence electrons. The SMILES string of the molecule is COC(=O)c1cnc(SCC(=O)N2CCCC(C(F)(F)F)C2)[nH]1. The second-order valence-electron chi connectivity index (χ2n) is 5.10. The Morgan fingerprint density at radius 3 is 2.91 bits per heavy atom. The van der Waals surface area contributed by atoms with E-state index in [2.05, 4.69) is 14.7 Å². The normalized spacial score (nSPS) is 18.8. The quantitative estimate of drug-likeness (QED) is 0.664. The number of amides is 1. The van der Waals surface area contributed by atoms with Gasteiger partial charge in [-0.05, 0) is 12.8 Å². The first-order valence-electron chi connectivity index (χ1n) is 6.92. The summed E-state index contributed by atoms with van der Waals surface area (Å²) in [5.74, 6) is -2.46. The molecule has 0 radical (unpaired) electrons. The average Bonchev–Trinajstić information content (AvgIpc) is 3.00. The highest BCUT2D eigenvalue weighted by Gasteiger charge is 2.42. The first-order valence-corrected chi connectivity index (χ1v) is 7.90. The number of alkyl halides is 3. The molecule has 2 rings (SSSR count). The molecule has 0 aliphatic carbocycles. The van der Waals surface area contributed by atoms with Crippen LogP contribution >= 0.6 is 11.8 Å². The van der Waals surface area contributed by atoms with Crippen LogP contribution in [-0.4, -0.2) is 58.9 Å². The predicted octanol–water partition coefficient (Wildman–Crippen LogP) is 2.09. The van der Waals surface area contributed by atoms with E-state index in [1.807, 2.05) is 0 Å². The van der Waals surface area contributed by atoms with Gasteiger partial charge in [0.15, 0.2) is 5.16 Å². The Morgan fingerprint density at radius 1 is 1.52 bits per heavy atom. The van der Waals surface area contributed by atoms with E-state index in [1.54, 1.807) is 0 Å². The minimum atomic E-state index is -4.28. The third-order valence-corrected chi connectivity index (χ3v) is 4.40. The van der Waals surface area contributed by atoms with Gasteiger partial charge in [-0.1, -0.05) is 11.8 Å². The molecule has 1 aromatic rings. The van der Waals surface area contributed by atoms with E-state index in [0.717, 1.165) is 11.8 Å². The number of nitrogens with one attached hydrogen (secondary N) is 1. The van der Waals surface area contributed by atoms with Gasteiger partial charge in [0.1, 0.15) is 5.69 Å². The Bertz CT molecular complexity index is 576. The van der Waals surface area contributed by atoms with Crippen molar-refractivity contribution in [1.82, 2.24) is 14.9 Å². The Balaban J connectivity index is 1.87. The van der Waals surface area contributed by atoms with Gasteiger partial charge in [-0.3, -0.25) is 4.79 Å². The van der Waals surface area contributed by atoms with Gasteiger partial charge in [0, 0.05) is 13.1 Å². The average molecular weight is 351 g/mol. The summed E-state index contributed by atoms with van der Waals surface area (Å²) in [5, 5.41) is 0.336. The molecule has 0 saturated carbocycles. The molecule has 10 heteroatoms. The van der Waals surface area contributed by atoms with Gasteiger partial charge >= 0.3 is 12.1 Å². The maximum absolute atomic E-state index is 12.7. The number of aromatic nitrogens is 2. The number of aromatic amines is 1. The van der Waals surface area contributed by atoms with Crippen LogP contribution in [0.3, 0.4) is 0 Å². The Hall–Kier alpha value is -1.71. The van der Waals surface area contributed by atoms with Crippen LogP contribution in [0.25, 0.3) is 0 Å². The van der Waals surface area contributed by atoms with Crippen molar-refractivity contribution in [3.63, 3.8) is 0 Å². The lowest BCUT2D eigenvalue weighted by atomic mass is 9.97. The molecule has 1 N–H and O–H groups in total. The van der Waals surface area contributed by atoms with E-state index in [1.165, 1.54) is 18.2 Å². The number of ether oxygens (including phenoxy) is 1. The topological polar surface area (TPSA) is 75.3 Å². The summed E-state index contributed by atoms with van der Waals surface area (Å²) >= 11 is 1.03. The van der Waals surface area contributed by atoms with E-state index in [4.69, 9.17) is 0 Å². The van der Waals surface area contributed by atoms with Crippen LogP contribution in [0.1, 0.15) is 23.3 Å². The molecule has 23 heavy (non-hydrogen) atoms. The number of methoxy groups -OCH3 is 1. The van der Waals surface area contributed by atoms with Crippen molar-refractivity contribution in [1.29, 1.82) is 0 Å². The zero-order chi connectivity index (χ0) is 17.0. The number of H-pyrrole nitrogens is 1. The molecule has 1 fully saturated rings. The number of rotatable bonds is 4. The molecule has 6 nitrogen and oxygen atoms in total. The van der Waals surface area contributed by atoms with E-state index >= 15 is 0 Å². The summed E-state index contributed by atoms with van der Waals surface area (Å²) in [7, 11) is 1.23. The van der Waals surface area contributed by atoms with Gasteiger partial charge in [0.25, 0.3) is 0 Å². The van der Waals surface area contributed by atoms with E-state index in [9.17, 15) is 22.8 Å². The zero-order valence-corrected chi connectivity index (χ0v) is 13.2. The molecule has 1 aromatic heterocycles. The molecule has 0 aromatic carbocycles. The highest BCUT2D eigenvalue weighted by atomic mass is 32.2. The zero-order valence-electron chi connectivity index (χ0n) is 12.4. The van der Waals surface area contributed by atoms with Gasteiger partial charge in [0.05, 0.1) is 25.0 Å². The van der Waals surface area contributed by atoms with Gasteiger partial charge < -0.3 is 14.6 Å². The van der Waals surface area contributed by atoms with Crippen LogP contribution in [0.2, 0.25) is 0 Å². The second kappa shape index (κ2) is 7.24. The van der Waals surface area contributed by atoms with Crippen LogP contribution in [0.4, 0.5) is 13.2 Å². The third kappa shape index (κ3) is 4.63. The predicted molar refractivity (Wildman–Crippen MR) is 76.0 cm³/mol. The van der Waals surface area contributed by atoms with Crippen molar-refractivity contribution in [3.8, 4) is 0 Å². The van der Waals surface area contributed by atoms with Gasteiger partial charge in [0.2, 0.25) is 5.91 Å². The molecule has 1 saturated heterocycles.